The van der Waals surface area contributed by atoms with Crippen molar-refractivity contribution < 1.29 is 22.7 Å². The van der Waals surface area contributed by atoms with E-state index >= 15 is 0 Å². The zero-order valence-corrected chi connectivity index (χ0v) is 8.47. The molecule has 0 heterocycles. The molecule has 0 spiro atoms. The zero-order chi connectivity index (χ0) is 12.1. The number of benzene rings is 1. The van der Waals surface area contributed by atoms with E-state index in [-0.39, 0.29) is 17.7 Å². The summed E-state index contributed by atoms with van der Waals surface area (Å²) in [6.07, 6.45) is -2.39. The third-order valence-electron chi connectivity index (χ3n) is 1.82. The molecule has 2 nitrogen and oxygen atoms in total. The van der Waals surface area contributed by atoms with Crippen molar-refractivity contribution in [1.82, 2.24) is 0 Å². The van der Waals surface area contributed by atoms with Gasteiger partial charge in [0.1, 0.15) is 0 Å². The maximum Gasteiger partial charge on any atom is 0.338 e. The van der Waals surface area contributed by atoms with E-state index in [2.05, 4.69) is 4.74 Å². The summed E-state index contributed by atoms with van der Waals surface area (Å²) in [7, 11) is 0. The maximum absolute atomic E-state index is 12.8. The van der Waals surface area contributed by atoms with Crippen LogP contribution in [-0.2, 0) is 4.74 Å². The number of hydrogen-bond acceptors (Lipinski definition) is 2. The topological polar surface area (TPSA) is 26.3 Å². The smallest absolute Gasteiger partial charge is 0.338 e. The maximum atomic E-state index is 12.8. The Bertz CT molecular complexity index is 406. The van der Waals surface area contributed by atoms with Gasteiger partial charge in [-0.25, -0.2) is 9.18 Å². The van der Waals surface area contributed by atoms with Crippen LogP contribution in [0.3, 0.4) is 0 Å². The summed E-state index contributed by atoms with van der Waals surface area (Å²) in [6.45, 7) is 1.86. The second-order valence-corrected chi connectivity index (χ2v) is 2.87. The van der Waals surface area contributed by atoms with E-state index in [1.807, 2.05) is 0 Å². The number of carbonyl (C=O) groups excluding carboxylic acids is 1. The molecule has 5 heteroatoms. The van der Waals surface area contributed by atoms with Gasteiger partial charge in [-0.05, 0) is 19.1 Å². The zero-order valence-electron chi connectivity index (χ0n) is 8.47. The van der Waals surface area contributed by atoms with Crippen LogP contribution in [0.2, 0.25) is 0 Å². The van der Waals surface area contributed by atoms with Gasteiger partial charge in [-0.1, -0.05) is 12.1 Å². The summed E-state index contributed by atoms with van der Waals surface area (Å²) in [4.78, 5) is 11.2. The van der Waals surface area contributed by atoms with Crippen LogP contribution in [0.4, 0.5) is 13.2 Å². The van der Waals surface area contributed by atoms with Gasteiger partial charge in [0, 0.05) is 5.56 Å². The van der Waals surface area contributed by atoms with Crippen LogP contribution >= 0.6 is 0 Å². The van der Waals surface area contributed by atoms with Crippen molar-refractivity contribution in [2.45, 2.75) is 6.92 Å². The van der Waals surface area contributed by atoms with Crippen molar-refractivity contribution >= 4 is 11.8 Å². The van der Waals surface area contributed by atoms with Crippen LogP contribution in [0.25, 0.3) is 5.83 Å². The van der Waals surface area contributed by atoms with Gasteiger partial charge in [-0.15, -0.1) is 0 Å². The molecule has 0 fully saturated rings. The Kier molecular flexibility index (Phi) is 4.10. The molecule has 0 aliphatic carbocycles. The SMILES string of the molecule is CCOC(=O)c1ccc(C(F)=C(F)F)cc1. The predicted octanol–water partition coefficient (Wildman–Crippen LogP) is 3.40. The number of hydrogen-bond donors (Lipinski definition) is 0. The summed E-state index contributed by atoms with van der Waals surface area (Å²) in [5, 5.41) is 0. The lowest BCUT2D eigenvalue weighted by Crippen LogP contribution is -2.04. The highest BCUT2D eigenvalue weighted by molar-refractivity contribution is 5.89. The van der Waals surface area contributed by atoms with E-state index in [0.717, 1.165) is 12.1 Å². The Labute approximate surface area is 90.3 Å². The van der Waals surface area contributed by atoms with Gasteiger partial charge in [0.05, 0.1) is 12.2 Å². The molecule has 0 bridgehead atoms. The largest absolute Gasteiger partial charge is 0.462 e. The van der Waals surface area contributed by atoms with E-state index in [9.17, 15) is 18.0 Å². The minimum Gasteiger partial charge on any atom is -0.462 e. The molecule has 1 aromatic rings. The van der Waals surface area contributed by atoms with Crippen LogP contribution in [0.1, 0.15) is 22.8 Å². The molecule has 0 aliphatic rings. The highest BCUT2D eigenvalue weighted by Crippen LogP contribution is 2.22. The third-order valence-corrected chi connectivity index (χ3v) is 1.82. The first-order valence-electron chi connectivity index (χ1n) is 4.54. The molecule has 0 radical (unpaired) electrons. The first-order valence-corrected chi connectivity index (χ1v) is 4.54. The molecule has 0 atom stereocenters. The minimum atomic E-state index is -2.39. The van der Waals surface area contributed by atoms with Gasteiger partial charge >= 0.3 is 12.0 Å². The van der Waals surface area contributed by atoms with Crippen molar-refractivity contribution in [1.29, 1.82) is 0 Å². The van der Waals surface area contributed by atoms with Crippen molar-refractivity contribution in [2.24, 2.45) is 0 Å². The Morgan fingerprint density at radius 2 is 1.62 bits per heavy atom. The summed E-state index contributed by atoms with van der Waals surface area (Å²) >= 11 is 0. The molecule has 16 heavy (non-hydrogen) atoms. The molecule has 0 saturated heterocycles. The molecule has 0 N–H and O–H groups in total. The lowest BCUT2D eigenvalue weighted by Gasteiger charge is -2.02. The van der Waals surface area contributed by atoms with Gasteiger partial charge in [0.2, 0.25) is 0 Å². The van der Waals surface area contributed by atoms with Crippen LogP contribution in [0.15, 0.2) is 30.3 Å². The number of carbonyl (C=O) groups is 1. The van der Waals surface area contributed by atoms with E-state index in [1.54, 1.807) is 6.92 Å². The van der Waals surface area contributed by atoms with Gasteiger partial charge in [-0.3, -0.25) is 0 Å². The summed E-state index contributed by atoms with van der Waals surface area (Å²) in [6, 6.07) is 4.66. The Morgan fingerprint density at radius 1 is 1.12 bits per heavy atom. The van der Waals surface area contributed by atoms with Gasteiger partial charge in [0.15, 0.2) is 5.83 Å². The van der Waals surface area contributed by atoms with E-state index in [1.165, 1.54) is 12.1 Å². The average molecular weight is 230 g/mol. The molecular formula is C11H9F3O2. The van der Waals surface area contributed by atoms with Crippen molar-refractivity contribution in [3.63, 3.8) is 0 Å². The number of ether oxygens (including phenoxy) is 1. The second-order valence-electron chi connectivity index (χ2n) is 2.87. The highest BCUT2D eigenvalue weighted by Gasteiger charge is 2.10. The fraction of sp³-hybridized carbons (Fsp3) is 0.182. The summed E-state index contributed by atoms with van der Waals surface area (Å²) in [5.74, 6) is -2.16. The molecule has 1 aromatic carbocycles. The quantitative estimate of drug-likeness (QED) is 0.744. The van der Waals surface area contributed by atoms with Crippen LogP contribution < -0.4 is 0 Å². The molecule has 0 aliphatic heterocycles. The molecule has 0 saturated carbocycles. The molecule has 0 unspecified atom stereocenters. The standard InChI is InChI=1S/C11H9F3O2/c1-2-16-11(15)8-5-3-7(4-6-8)9(12)10(13)14/h3-6H,2H2,1H3. The minimum absolute atomic E-state index is 0.192. The lowest BCUT2D eigenvalue weighted by molar-refractivity contribution is 0.0526. The lowest BCUT2D eigenvalue weighted by atomic mass is 10.1. The third kappa shape index (κ3) is 2.85. The Morgan fingerprint density at radius 3 is 2.06 bits per heavy atom. The monoisotopic (exact) mass is 230 g/mol. The number of esters is 1. The molecule has 1 rings (SSSR count). The summed E-state index contributed by atoms with van der Waals surface area (Å²) < 4.78 is 41.2. The molecular weight excluding hydrogens is 221 g/mol. The van der Waals surface area contributed by atoms with Crippen molar-refractivity contribution in [2.75, 3.05) is 6.61 Å². The van der Waals surface area contributed by atoms with Gasteiger partial charge in [-0.2, -0.15) is 8.78 Å². The van der Waals surface area contributed by atoms with Crippen LogP contribution in [0.5, 0.6) is 0 Å². The molecule has 0 amide bonds. The van der Waals surface area contributed by atoms with E-state index < -0.39 is 17.9 Å². The van der Waals surface area contributed by atoms with Crippen LogP contribution in [0, 0.1) is 0 Å². The van der Waals surface area contributed by atoms with Crippen molar-refractivity contribution in [3.8, 4) is 0 Å². The average Bonchev–Trinajstić information content (AvgIpc) is 2.28. The number of rotatable bonds is 3. The predicted molar refractivity (Wildman–Crippen MR) is 52.6 cm³/mol. The Balaban J connectivity index is 2.92. The fourth-order valence-electron chi connectivity index (χ4n) is 1.08. The fourth-order valence-corrected chi connectivity index (χ4v) is 1.08. The second kappa shape index (κ2) is 5.34. The molecule has 0 aromatic heterocycles. The van der Waals surface area contributed by atoms with E-state index in [0.29, 0.717) is 0 Å². The van der Waals surface area contributed by atoms with Gasteiger partial charge < -0.3 is 4.74 Å². The van der Waals surface area contributed by atoms with Crippen molar-refractivity contribution in [3.05, 3.63) is 41.5 Å². The van der Waals surface area contributed by atoms with Crippen LogP contribution in [-0.4, -0.2) is 12.6 Å². The summed E-state index contributed by atoms with van der Waals surface area (Å²) in [5.41, 5.74) is -0.0780. The number of halogens is 3. The molecule has 86 valence electrons. The van der Waals surface area contributed by atoms with Gasteiger partial charge in [0.25, 0.3) is 0 Å². The van der Waals surface area contributed by atoms with E-state index in [4.69, 9.17) is 0 Å². The normalized spacial score (nSPS) is 9.75. The first kappa shape index (κ1) is 12.3. The first-order chi connectivity index (χ1) is 7.56. The Hall–Kier alpha value is -1.78. The highest BCUT2D eigenvalue weighted by atomic mass is 19.3.